The van der Waals surface area contributed by atoms with E-state index in [1.807, 2.05) is 0 Å². The average molecular weight is 191 g/mol. The number of halogens is 1. The molecule has 2 aliphatic rings. The highest BCUT2D eigenvalue weighted by Gasteiger charge is 2.58. The van der Waals surface area contributed by atoms with Gasteiger partial charge in [0.25, 0.3) is 0 Å². The van der Waals surface area contributed by atoms with E-state index in [1.54, 1.807) is 0 Å². The van der Waals surface area contributed by atoms with Gasteiger partial charge in [0.1, 0.15) is 11.0 Å². The van der Waals surface area contributed by atoms with Gasteiger partial charge in [0.2, 0.25) is 0 Å². The Morgan fingerprint density at radius 1 is 1.75 bits per heavy atom. The fourth-order valence-corrected chi connectivity index (χ4v) is 2.64. The number of carbonyl (C=O) groups excluding carboxylic acids is 1. The molecule has 1 heterocycles. The van der Waals surface area contributed by atoms with Gasteiger partial charge in [-0.3, -0.25) is 4.79 Å². The van der Waals surface area contributed by atoms with Gasteiger partial charge in [-0.15, -0.1) is 11.6 Å². The van der Waals surface area contributed by atoms with Crippen molar-refractivity contribution in [3.63, 3.8) is 0 Å². The first-order valence-electron chi connectivity index (χ1n) is 4.19. The van der Waals surface area contributed by atoms with Gasteiger partial charge in [0.05, 0.1) is 6.61 Å². The van der Waals surface area contributed by atoms with Gasteiger partial charge < -0.3 is 9.84 Å². The summed E-state index contributed by atoms with van der Waals surface area (Å²) in [6, 6.07) is 0. The quantitative estimate of drug-likeness (QED) is 0.489. The molecule has 0 radical (unpaired) electrons. The smallest absolute Gasteiger partial charge is 0.328 e. The van der Waals surface area contributed by atoms with Gasteiger partial charge in [-0.25, -0.2) is 0 Å². The molecule has 3 nitrogen and oxygen atoms in total. The predicted molar refractivity (Wildman–Crippen MR) is 42.9 cm³/mol. The van der Waals surface area contributed by atoms with E-state index in [9.17, 15) is 4.79 Å². The summed E-state index contributed by atoms with van der Waals surface area (Å²) in [5, 5.41) is 8.91. The number of ether oxygens (including phenoxy) is 1. The standard InChI is InChI=1S/C8H11ClO3/c9-8-3-1-2-5(8)6(4-10)12-7(8)11/h5-6,10H,1-4H2. The van der Waals surface area contributed by atoms with Crippen molar-refractivity contribution in [1.82, 2.24) is 0 Å². The molecule has 0 aromatic rings. The first-order valence-corrected chi connectivity index (χ1v) is 4.57. The third-order valence-corrected chi connectivity index (χ3v) is 3.49. The lowest BCUT2D eigenvalue weighted by atomic mass is 9.93. The Morgan fingerprint density at radius 2 is 2.50 bits per heavy atom. The molecule has 12 heavy (non-hydrogen) atoms. The van der Waals surface area contributed by atoms with E-state index >= 15 is 0 Å². The number of cyclic esters (lactones) is 1. The third-order valence-electron chi connectivity index (χ3n) is 2.87. The minimum Gasteiger partial charge on any atom is -0.458 e. The summed E-state index contributed by atoms with van der Waals surface area (Å²) in [6.07, 6.45) is 2.17. The van der Waals surface area contributed by atoms with Crippen molar-refractivity contribution >= 4 is 17.6 Å². The maximum atomic E-state index is 11.3. The Hall–Kier alpha value is -0.280. The summed E-state index contributed by atoms with van der Waals surface area (Å²) in [4.78, 5) is 10.5. The third kappa shape index (κ3) is 0.896. The zero-order chi connectivity index (χ0) is 8.77. The summed E-state index contributed by atoms with van der Waals surface area (Å²) in [7, 11) is 0. The second-order valence-electron chi connectivity index (χ2n) is 3.49. The SMILES string of the molecule is O=C1OC(CO)C2CCCC12Cl. The fraction of sp³-hybridized carbons (Fsp3) is 0.875. The molecule has 0 bridgehead atoms. The molecule has 1 N–H and O–H groups in total. The molecule has 0 aromatic carbocycles. The molecule has 2 rings (SSSR count). The van der Waals surface area contributed by atoms with Crippen LogP contribution in [-0.2, 0) is 9.53 Å². The fourth-order valence-electron chi connectivity index (χ4n) is 2.21. The number of hydrogen-bond acceptors (Lipinski definition) is 3. The molecule has 1 saturated carbocycles. The van der Waals surface area contributed by atoms with Crippen LogP contribution in [0.3, 0.4) is 0 Å². The van der Waals surface area contributed by atoms with Crippen molar-refractivity contribution in [3.05, 3.63) is 0 Å². The van der Waals surface area contributed by atoms with Crippen LogP contribution in [0, 0.1) is 5.92 Å². The lowest BCUT2D eigenvalue weighted by Crippen LogP contribution is -2.31. The van der Waals surface area contributed by atoms with Gasteiger partial charge in [0, 0.05) is 5.92 Å². The molecule has 0 aromatic heterocycles. The topological polar surface area (TPSA) is 46.5 Å². The van der Waals surface area contributed by atoms with E-state index < -0.39 is 4.87 Å². The predicted octanol–water partition coefficient (Wildman–Crippen LogP) is 0.682. The minimum absolute atomic E-state index is 0.0247. The first-order chi connectivity index (χ1) is 5.68. The zero-order valence-corrected chi connectivity index (χ0v) is 7.38. The lowest BCUT2D eigenvalue weighted by Gasteiger charge is -2.16. The molecule has 1 aliphatic carbocycles. The molecule has 0 amide bonds. The van der Waals surface area contributed by atoms with E-state index in [1.165, 1.54) is 0 Å². The van der Waals surface area contributed by atoms with Gasteiger partial charge in [-0.05, 0) is 12.8 Å². The molecular formula is C8H11ClO3. The van der Waals surface area contributed by atoms with Crippen LogP contribution in [-0.4, -0.2) is 28.7 Å². The summed E-state index contributed by atoms with van der Waals surface area (Å²) in [5.41, 5.74) is 0. The molecule has 68 valence electrons. The van der Waals surface area contributed by atoms with Crippen LogP contribution in [0.15, 0.2) is 0 Å². The van der Waals surface area contributed by atoms with Gasteiger partial charge >= 0.3 is 5.97 Å². The first kappa shape index (κ1) is 8.32. The van der Waals surface area contributed by atoms with E-state index in [0.717, 1.165) is 12.8 Å². The highest BCUT2D eigenvalue weighted by molar-refractivity contribution is 6.35. The van der Waals surface area contributed by atoms with Crippen LogP contribution in [0.4, 0.5) is 0 Å². The van der Waals surface area contributed by atoms with Crippen LogP contribution in [0.2, 0.25) is 0 Å². The van der Waals surface area contributed by atoms with Gasteiger partial charge in [-0.2, -0.15) is 0 Å². The number of rotatable bonds is 1. The molecule has 1 aliphatic heterocycles. The average Bonchev–Trinajstić information content (AvgIpc) is 2.51. The van der Waals surface area contributed by atoms with Crippen LogP contribution < -0.4 is 0 Å². The highest BCUT2D eigenvalue weighted by atomic mass is 35.5. The van der Waals surface area contributed by atoms with Crippen molar-refractivity contribution in [2.45, 2.75) is 30.2 Å². The van der Waals surface area contributed by atoms with E-state index in [2.05, 4.69) is 0 Å². The summed E-state index contributed by atoms with van der Waals surface area (Å²) < 4.78 is 4.96. The van der Waals surface area contributed by atoms with Gasteiger partial charge in [-0.1, -0.05) is 6.42 Å². The number of alkyl halides is 1. The zero-order valence-electron chi connectivity index (χ0n) is 6.62. The minimum atomic E-state index is -0.812. The largest absolute Gasteiger partial charge is 0.458 e. The second-order valence-corrected chi connectivity index (χ2v) is 4.16. The van der Waals surface area contributed by atoms with Gasteiger partial charge in [0.15, 0.2) is 0 Å². The Balaban J connectivity index is 2.26. The van der Waals surface area contributed by atoms with Crippen molar-refractivity contribution in [2.75, 3.05) is 6.61 Å². The molecule has 1 saturated heterocycles. The number of aliphatic hydroxyl groups is 1. The molecule has 2 fully saturated rings. The maximum absolute atomic E-state index is 11.3. The van der Waals surface area contributed by atoms with Crippen LogP contribution in [0.25, 0.3) is 0 Å². The van der Waals surface area contributed by atoms with Crippen molar-refractivity contribution in [2.24, 2.45) is 5.92 Å². The number of fused-ring (bicyclic) bond motifs is 1. The Morgan fingerprint density at radius 3 is 3.17 bits per heavy atom. The summed E-state index contributed by atoms with van der Waals surface area (Å²) >= 11 is 6.11. The normalized spacial score (nSPS) is 46.0. The number of esters is 1. The van der Waals surface area contributed by atoms with Crippen molar-refractivity contribution in [3.8, 4) is 0 Å². The Kier molecular flexibility index (Phi) is 1.81. The molecule has 0 spiro atoms. The maximum Gasteiger partial charge on any atom is 0.328 e. The number of hydrogen-bond donors (Lipinski definition) is 1. The number of carbonyl (C=O) groups is 1. The second kappa shape index (κ2) is 2.60. The van der Waals surface area contributed by atoms with Crippen molar-refractivity contribution in [1.29, 1.82) is 0 Å². The summed E-state index contributed by atoms with van der Waals surface area (Å²) in [5.74, 6) is -0.317. The Bertz CT molecular complexity index is 218. The Labute approximate surface area is 75.7 Å². The van der Waals surface area contributed by atoms with E-state index in [0.29, 0.717) is 6.42 Å². The van der Waals surface area contributed by atoms with Crippen LogP contribution in [0.5, 0.6) is 0 Å². The highest BCUT2D eigenvalue weighted by Crippen LogP contribution is 2.49. The van der Waals surface area contributed by atoms with Crippen LogP contribution >= 0.6 is 11.6 Å². The van der Waals surface area contributed by atoms with Crippen molar-refractivity contribution < 1.29 is 14.6 Å². The van der Waals surface area contributed by atoms with Crippen LogP contribution in [0.1, 0.15) is 19.3 Å². The van der Waals surface area contributed by atoms with E-state index in [-0.39, 0.29) is 24.6 Å². The molecule has 3 atom stereocenters. The molecule has 3 unspecified atom stereocenters. The molecular weight excluding hydrogens is 180 g/mol. The monoisotopic (exact) mass is 190 g/mol. The lowest BCUT2D eigenvalue weighted by molar-refractivity contribution is -0.145. The molecule has 4 heteroatoms. The summed E-state index contributed by atoms with van der Waals surface area (Å²) in [6.45, 7) is -0.106. The van der Waals surface area contributed by atoms with E-state index in [4.69, 9.17) is 21.4 Å². The number of aliphatic hydroxyl groups excluding tert-OH is 1.